The summed E-state index contributed by atoms with van der Waals surface area (Å²) in [7, 11) is -3.23. The fourth-order valence-corrected chi connectivity index (χ4v) is 3.39. The second-order valence-electron chi connectivity index (χ2n) is 4.06. The predicted octanol–water partition coefficient (Wildman–Crippen LogP) is -1.14. The van der Waals surface area contributed by atoms with Crippen molar-refractivity contribution >= 4 is 15.9 Å². The minimum atomic E-state index is -3.23. The Labute approximate surface area is 96.0 Å². The van der Waals surface area contributed by atoms with Crippen LogP contribution in [-0.4, -0.2) is 44.0 Å². The van der Waals surface area contributed by atoms with Gasteiger partial charge in [-0.15, -0.1) is 0 Å². The fraction of sp³-hybridized carbons (Fsp3) is 0.889. The maximum Gasteiger partial charge on any atom is 0.221 e. The zero-order chi connectivity index (χ0) is 12.2. The van der Waals surface area contributed by atoms with E-state index in [1.165, 1.54) is 4.31 Å². The molecular weight excluding hydrogens is 230 g/mol. The average molecular weight is 249 g/mol. The first kappa shape index (κ1) is 13.4. The minimum Gasteiger partial charge on any atom is -0.369 e. The Balaban J connectivity index is 2.48. The van der Waals surface area contributed by atoms with E-state index in [4.69, 9.17) is 11.5 Å². The summed E-state index contributed by atoms with van der Waals surface area (Å²) in [6, 6.07) is 0. The molecule has 16 heavy (non-hydrogen) atoms. The van der Waals surface area contributed by atoms with E-state index in [-0.39, 0.29) is 18.2 Å². The molecule has 0 bridgehead atoms. The molecule has 7 heteroatoms. The Morgan fingerprint density at radius 2 is 2.06 bits per heavy atom. The monoisotopic (exact) mass is 249 g/mol. The number of unbranched alkanes of at least 4 members (excludes halogenated alkanes) is 1. The fourth-order valence-electron chi connectivity index (χ4n) is 1.77. The number of rotatable bonds is 6. The van der Waals surface area contributed by atoms with Crippen LogP contribution in [-0.2, 0) is 14.8 Å². The number of carbonyl (C=O) groups excluding carboxylic acids is 1. The molecule has 1 saturated heterocycles. The number of nitrogens with zero attached hydrogens (tertiary/aromatic N) is 1. The molecule has 0 aliphatic carbocycles. The molecule has 1 heterocycles. The zero-order valence-corrected chi connectivity index (χ0v) is 10.1. The van der Waals surface area contributed by atoms with Gasteiger partial charge in [0.2, 0.25) is 15.9 Å². The van der Waals surface area contributed by atoms with E-state index in [0.29, 0.717) is 32.4 Å². The van der Waals surface area contributed by atoms with Crippen LogP contribution in [0.2, 0.25) is 0 Å². The summed E-state index contributed by atoms with van der Waals surface area (Å²) in [6.07, 6.45) is 1.80. The second kappa shape index (κ2) is 5.60. The Morgan fingerprint density at radius 1 is 1.38 bits per heavy atom. The van der Waals surface area contributed by atoms with Crippen LogP contribution in [0.15, 0.2) is 0 Å². The van der Waals surface area contributed by atoms with Gasteiger partial charge in [0, 0.05) is 13.1 Å². The SMILES string of the molecule is NCCCCS(=O)(=O)N1CCC(C(N)=O)C1. The summed E-state index contributed by atoms with van der Waals surface area (Å²) in [4.78, 5) is 10.9. The van der Waals surface area contributed by atoms with Crippen molar-refractivity contribution in [2.75, 3.05) is 25.4 Å². The highest BCUT2D eigenvalue weighted by Crippen LogP contribution is 2.19. The summed E-state index contributed by atoms with van der Waals surface area (Å²) < 4.78 is 25.0. The van der Waals surface area contributed by atoms with E-state index in [1.807, 2.05) is 0 Å². The summed E-state index contributed by atoms with van der Waals surface area (Å²) in [5.74, 6) is -0.640. The lowest BCUT2D eigenvalue weighted by atomic mass is 10.1. The van der Waals surface area contributed by atoms with Crippen LogP contribution in [0.1, 0.15) is 19.3 Å². The molecular formula is C9H19N3O3S. The van der Waals surface area contributed by atoms with E-state index < -0.39 is 15.9 Å². The van der Waals surface area contributed by atoms with E-state index in [2.05, 4.69) is 0 Å². The molecule has 1 amide bonds. The Morgan fingerprint density at radius 3 is 2.56 bits per heavy atom. The summed E-state index contributed by atoms with van der Waals surface area (Å²) in [5, 5.41) is 0. The second-order valence-corrected chi connectivity index (χ2v) is 6.15. The van der Waals surface area contributed by atoms with Crippen molar-refractivity contribution in [2.45, 2.75) is 19.3 Å². The molecule has 0 aromatic carbocycles. The smallest absolute Gasteiger partial charge is 0.221 e. The van der Waals surface area contributed by atoms with E-state index in [0.717, 1.165) is 0 Å². The van der Waals surface area contributed by atoms with Crippen LogP contribution < -0.4 is 11.5 Å². The van der Waals surface area contributed by atoms with Gasteiger partial charge in [-0.3, -0.25) is 4.79 Å². The van der Waals surface area contributed by atoms with Gasteiger partial charge in [0.15, 0.2) is 0 Å². The van der Waals surface area contributed by atoms with Crippen LogP contribution in [0.5, 0.6) is 0 Å². The van der Waals surface area contributed by atoms with E-state index in [9.17, 15) is 13.2 Å². The minimum absolute atomic E-state index is 0.107. The standard InChI is InChI=1S/C9H19N3O3S/c10-4-1-2-6-16(14,15)12-5-3-8(7-12)9(11)13/h8H,1-7,10H2,(H2,11,13). The van der Waals surface area contributed by atoms with Crippen LogP contribution >= 0.6 is 0 Å². The molecule has 1 unspecified atom stereocenters. The van der Waals surface area contributed by atoms with Crippen molar-refractivity contribution in [3.63, 3.8) is 0 Å². The normalized spacial score (nSPS) is 22.4. The van der Waals surface area contributed by atoms with Gasteiger partial charge in [0.1, 0.15) is 0 Å². The number of nitrogens with two attached hydrogens (primary N) is 2. The number of carbonyl (C=O) groups is 1. The number of primary amides is 1. The van der Waals surface area contributed by atoms with Crippen molar-refractivity contribution < 1.29 is 13.2 Å². The van der Waals surface area contributed by atoms with E-state index in [1.54, 1.807) is 0 Å². The largest absolute Gasteiger partial charge is 0.369 e. The van der Waals surface area contributed by atoms with E-state index >= 15 is 0 Å². The number of hydrogen-bond donors (Lipinski definition) is 2. The van der Waals surface area contributed by atoms with Crippen molar-refractivity contribution in [3.8, 4) is 0 Å². The predicted molar refractivity (Wildman–Crippen MR) is 60.9 cm³/mol. The molecule has 1 aliphatic heterocycles. The molecule has 0 radical (unpaired) electrons. The van der Waals surface area contributed by atoms with Crippen LogP contribution in [0, 0.1) is 5.92 Å². The lowest BCUT2D eigenvalue weighted by molar-refractivity contribution is -0.121. The third-order valence-electron chi connectivity index (χ3n) is 2.80. The Bertz CT molecular complexity index is 342. The molecule has 1 atom stereocenters. The van der Waals surface area contributed by atoms with Gasteiger partial charge >= 0.3 is 0 Å². The van der Waals surface area contributed by atoms with Crippen molar-refractivity contribution in [1.29, 1.82) is 0 Å². The zero-order valence-electron chi connectivity index (χ0n) is 9.26. The van der Waals surface area contributed by atoms with Crippen molar-refractivity contribution in [1.82, 2.24) is 4.31 Å². The maximum atomic E-state index is 11.8. The first-order chi connectivity index (χ1) is 7.47. The molecule has 94 valence electrons. The highest BCUT2D eigenvalue weighted by Gasteiger charge is 2.33. The molecule has 0 aromatic rings. The molecule has 1 aliphatic rings. The lowest BCUT2D eigenvalue weighted by Crippen LogP contribution is -2.33. The summed E-state index contributed by atoms with van der Waals surface area (Å²) in [6.45, 7) is 1.14. The van der Waals surface area contributed by atoms with Gasteiger partial charge in [-0.1, -0.05) is 0 Å². The highest BCUT2D eigenvalue weighted by atomic mass is 32.2. The molecule has 0 aromatic heterocycles. The third-order valence-corrected chi connectivity index (χ3v) is 4.73. The summed E-state index contributed by atoms with van der Waals surface area (Å²) in [5.41, 5.74) is 10.5. The van der Waals surface area contributed by atoms with Gasteiger partial charge in [0.25, 0.3) is 0 Å². The molecule has 4 N–H and O–H groups in total. The van der Waals surface area contributed by atoms with Crippen LogP contribution in [0.4, 0.5) is 0 Å². The Kier molecular flexibility index (Phi) is 4.69. The number of sulfonamides is 1. The van der Waals surface area contributed by atoms with Gasteiger partial charge in [0.05, 0.1) is 11.7 Å². The summed E-state index contributed by atoms with van der Waals surface area (Å²) >= 11 is 0. The van der Waals surface area contributed by atoms with Crippen molar-refractivity contribution in [3.05, 3.63) is 0 Å². The number of hydrogen-bond acceptors (Lipinski definition) is 4. The average Bonchev–Trinajstić information content (AvgIpc) is 2.67. The topological polar surface area (TPSA) is 106 Å². The Hall–Kier alpha value is -0.660. The molecule has 1 rings (SSSR count). The quantitative estimate of drug-likeness (QED) is 0.580. The first-order valence-electron chi connectivity index (χ1n) is 5.44. The van der Waals surface area contributed by atoms with Gasteiger partial charge < -0.3 is 11.5 Å². The molecule has 6 nitrogen and oxygen atoms in total. The number of amides is 1. The molecule has 0 spiro atoms. The maximum absolute atomic E-state index is 11.8. The highest BCUT2D eigenvalue weighted by molar-refractivity contribution is 7.89. The van der Waals surface area contributed by atoms with Gasteiger partial charge in [-0.05, 0) is 25.8 Å². The van der Waals surface area contributed by atoms with Gasteiger partial charge in [-0.25, -0.2) is 12.7 Å². The van der Waals surface area contributed by atoms with Gasteiger partial charge in [-0.2, -0.15) is 0 Å². The first-order valence-corrected chi connectivity index (χ1v) is 7.05. The molecule has 0 saturated carbocycles. The van der Waals surface area contributed by atoms with Crippen LogP contribution in [0.25, 0.3) is 0 Å². The lowest BCUT2D eigenvalue weighted by Gasteiger charge is -2.15. The van der Waals surface area contributed by atoms with Crippen LogP contribution in [0.3, 0.4) is 0 Å². The molecule has 1 fully saturated rings. The third kappa shape index (κ3) is 3.43. The van der Waals surface area contributed by atoms with Crippen molar-refractivity contribution in [2.24, 2.45) is 17.4 Å².